The van der Waals surface area contributed by atoms with Gasteiger partial charge in [-0.15, -0.1) is 0 Å². The van der Waals surface area contributed by atoms with E-state index in [1.807, 2.05) is 0 Å². The molecule has 0 heterocycles. The Balaban J connectivity index is 1.59. The van der Waals surface area contributed by atoms with E-state index < -0.39 is 22.8 Å². The molecule has 0 aliphatic rings. The van der Waals surface area contributed by atoms with Crippen molar-refractivity contribution in [2.24, 2.45) is 0 Å². The first-order valence-electron chi connectivity index (χ1n) is 22.4. The molecule has 0 N–H and O–H groups in total. The van der Waals surface area contributed by atoms with Gasteiger partial charge in [0.1, 0.15) is 11.5 Å². The second-order valence-electron chi connectivity index (χ2n) is 15.2. The van der Waals surface area contributed by atoms with Crippen LogP contribution in [0, 0.1) is 0 Å². The second kappa shape index (κ2) is 33.5. The van der Waals surface area contributed by atoms with Gasteiger partial charge in [0, 0.05) is 0 Å². The minimum Gasteiger partial charge on any atom is -0.494 e. The van der Waals surface area contributed by atoms with E-state index in [1.54, 1.807) is 24.3 Å². The number of rotatable bonds is 35. The third-order valence-electron chi connectivity index (χ3n) is 10.1. The van der Waals surface area contributed by atoms with Crippen molar-refractivity contribution in [2.75, 3.05) is 13.2 Å². The molecule has 8 heteroatoms. The third kappa shape index (κ3) is 25.5. The van der Waals surface area contributed by atoms with Crippen LogP contribution in [0.4, 0.5) is 0 Å². The molecule has 0 spiro atoms. The summed E-state index contributed by atoms with van der Waals surface area (Å²) >= 11 is 0. The summed E-state index contributed by atoms with van der Waals surface area (Å²) < 4.78 is 22.2. The Morgan fingerprint density at radius 3 is 0.946 bits per heavy atom. The van der Waals surface area contributed by atoms with Crippen molar-refractivity contribution >= 4 is 11.9 Å². The maximum absolute atomic E-state index is 12.5. The summed E-state index contributed by atoms with van der Waals surface area (Å²) in [6.45, 7) is 5.60. The lowest BCUT2D eigenvalue weighted by Crippen LogP contribution is -2.17. The fourth-order valence-corrected chi connectivity index (χ4v) is 6.60. The fraction of sp³-hybridized carbons (Fsp3) is 0.667. The number of hydrogen-bond donors (Lipinski definition) is 0. The van der Waals surface area contributed by atoms with Crippen LogP contribution in [0.3, 0.4) is 0 Å². The molecule has 0 unspecified atom stereocenters. The first-order valence-corrected chi connectivity index (χ1v) is 22.4. The second-order valence-corrected chi connectivity index (χ2v) is 15.2. The van der Waals surface area contributed by atoms with Crippen LogP contribution in [0.25, 0.3) is 0 Å². The van der Waals surface area contributed by atoms with E-state index in [2.05, 4.69) is 13.8 Å². The van der Waals surface area contributed by atoms with Gasteiger partial charge in [-0.2, -0.15) is 0 Å². The highest BCUT2D eigenvalue weighted by atomic mass is 16.5. The Hall–Kier alpha value is -3.68. The van der Waals surface area contributed by atoms with Crippen molar-refractivity contribution in [1.82, 2.24) is 0 Å². The van der Waals surface area contributed by atoms with Gasteiger partial charge in [-0.1, -0.05) is 168 Å². The van der Waals surface area contributed by atoms with Crippen LogP contribution >= 0.6 is 0 Å². The van der Waals surface area contributed by atoms with Gasteiger partial charge in [-0.05, 0) is 61.4 Å². The molecule has 0 bridgehead atoms. The van der Waals surface area contributed by atoms with Crippen LogP contribution in [0.5, 0.6) is 23.0 Å². The number of carbonyl (C=O) groups is 2. The maximum Gasteiger partial charge on any atom is 0.311 e. The van der Waals surface area contributed by atoms with E-state index in [1.165, 1.54) is 166 Å². The smallest absolute Gasteiger partial charge is 0.311 e. The number of esters is 2. The molecule has 0 aliphatic carbocycles. The van der Waals surface area contributed by atoms with Gasteiger partial charge in [0.15, 0.2) is 11.5 Å². The molecule has 0 amide bonds. The molecule has 314 valence electrons. The van der Waals surface area contributed by atoms with E-state index in [-0.39, 0.29) is 24.3 Å². The molecule has 0 atom stereocenters. The predicted octanol–water partition coefficient (Wildman–Crippen LogP) is 12.6. The van der Waals surface area contributed by atoms with Gasteiger partial charge in [-0.3, -0.25) is 19.2 Å². The first-order chi connectivity index (χ1) is 27.4. The quantitative estimate of drug-likeness (QED) is 0.0503. The molecular weight excluding hydrogens is 705 g/mol. The molecule has 56 heavy (non-hydrogen) atoms. The zero-order chi connectivity index (χ0) is 40.3. The Morgan fingerprint density at radius 1 is 0.375 bits per heavy atom. The monoisotopic (exact) mass is 779 g/mol. The molecule has 0 saturated carbocycles. The van der Waals surface area contributed by atoms with E-state index in [0.29, 0.717) is 24.7 Å². The molecule has 2 rings (SSSR count). The predicted molar refractivity (Wildman–Crippen MR) is 228 cm³/mol. The average molecular weight is 779 g/mol. The van der Waals surface area contributed by atoms with Crippen molar-refractivity contribution in [3.8, 4) is 23.0 Å². The van der Waals surface area contributed by atoms with E-state index in [4.69, 9.17) is 18.9 Å². The van der Waals surface area contributed by atoms with Crippen molar-refractivity contribution < 1.29 is 28.5 Å². The van der Waals surface area contributed by atoms with E-state index in [0.717, 1.165) is 25.7 Å². The largest absolute Gasteiger partial charge is 0.494 e. The SMILES string of the molecule is CCCCCCCCCCCCCCCOc1ccc(OC(=O)CCC(=O)Oc2ccc(OCCCCCCCCCCCCCCC)ccc2=O)c(=O)cc1. The topological polar surface area (TPSA) is 105 Å². The summed E-state index contributed by atoms with van der Waals surface area (Å²) in [4.78, 5) is 50.0. The van der Waals surface area contributed by atoms with Gasteiger partial charge >= 0.3 is 11.9 Å². The lowest BCUT2D eigenvalue weighted by atomic mass is 10.0. The lowest BCUT2D eigenvalue weighted by Gasteiger charge is -2.05. The summed E-state index contributed by atoms with van der Waals surface area (Å²) in [6, 6.07) is 11.8. The molecule has 2 aromatic rings. The molecule has 2 aromatic carbocycles. The Labute approximate surface area is 338 Å². The molecule has 0 saturated heterocycles. The summed E-state index contributed by atoms with van der Waals surface area (Å²) in [7, 11) is 0. The number of ether oxygens (including phenoxy) is 4. The van der Waals surface area contributed by atoms with Crippen LogP contribution in [-0.4, -0.2) is 25.2 Å². The van der Waals surface area contributed by atoms with Crippen molar-refractivity contribution in [1.29, 1.82) is 0 Å². The summed E-state index contributed by atoms with van der Waals surface area (Å²) in [6.07, 6.45) is 32.6. The number of unbranched alkanes of at least 4 members (excludes halogenated alkanes) is 24. The zero-order valence-corrected chi connectivity index (χ0v) is 35.1. The first kappa shape index (κ1) is 48.5. The lowest BCUT2D eigenvalue weighted by molar-refractivity contribution is -0.140. The van der Waals surface area contributed by atoms with Crippen LogP contribution in [0.2, 0.25) is 0 Å². The van der Waals surface area contributed by atoms with Gasteiger partial charge in [0.05, 0.1) is 26.1 Å². The number of hydrogen-bond acceptors (Lipinski definition) is 8. The van der Waals surface area contributed by atoms with Crippen LogP contribution < -0.4 is 29.8 Å². The van der Waals surface area contributed by atoms with E-state index in [9.17, 15) is 19.2 Å². The zero-order valence-electron chi connectivity index (χ0n) is 35.1. The van der Waals surface area contributed by atoms with Crippen molar-refractivity contribution in [3.63, 3.8) is 0 Å². The minimum atomic E-state index is -0.760. The van der Waals surface area contributed by atoms with Gasteiger partial charge in [0.25, 0.3) is 0 Å². The summed E-state index contributed by atoms with van der Waals surface area (Å²) in [5.74, 6) is -0.784. The highest BCUT2D eigenvalue weighted by Gasteiger charge is 2.14. The van der Waals surface area contributed by atoms with Crippen LogP contribution in [0.1, 0.15) is 194 Å². The number of carbonyl (C=O) groups excluding carboxylic acids is 2. The fourth-order valence-electron chi connectivity index (χ4n) is 6.60. The van der Waals surface area contributed by atoms with Gasteiger partial charge in [-0.25, -0.2) is 0 Å². The van der Waals surface area contributed by atoms with Crippen LogP contribution in [0.15, 0.2) is 58.1 Å². The molecule has 0 aromatic heterocycles. The van der Waals surface area contributed by atoms with Gasteiger partial charge in [0.2, 0.25) is 10.9 Å². The standard InChI is InChI=1S/C48H74O8/c1-3-5-7-9-11-13-15-17-19-21-23-25-27-39-53-41-29-33-43(49)45(35-31-41)55-47(51)37-38-48(52)56-46-36-32-42(30-34-44(46)50)54-40-28-26-24-22-20-18-16-14-12-10-8-6-4-2/h29-36H,3-28,37-40H2,1-2H3. The third-order valence-corrected chi connectivity index (χ3v) is 10.1. The summed E-state index contributed by atoms with van der Waals surface area (Å²) in [5.41, 5.74) is -0.951. The molecule has 0 radical (unpaired) electrons. The average Bonchev–Trinajstić information content (AvgIpc) is 3.48. The molecule has 8 nitrogen and oxygen atoms in total. The Kier molecular flexibility index (Phi) is 29.0. The van der Waals surface area contributed by atoms with Crippen LogP contribution in [-0.2, 0) is 9.59 Å². The minimum absolute atomic E-state index is 0.151. The molecule has 0 fully saturated rings. The maximum atomic E-state index is 12.5. The highest BCUT2D eigenvalue weighted by Crippen LogP contribution is 2.17. The Morgan fingerprint density at radius 2 is 0.643 bits per heavy atom. The van der Waals surface area contributed by atoms with Gasteiger partial charge < -0.3 is 18.9 Å². The molecular formula is C48H74O8. The van der Waals surface area contributed by atoms with E-state index >= 15 is 0 Å². The molecule has 0 aliphatic heterocycles. The van der Waals surface area contributed by atoms with Crippen molar-refractivity contribution in [2.45, 2.75) is 194 Å². The van der Waals surface area contributed by atoms with Crippen molar-refractivity contribution in [3.05, 3.63) is 69.0 Å². The summed E-state index contributed by atoms with van der Waals surface area (Å²) in [5, 5.41) is 0. The highest BCUT2D eigenvalue weighted by molar-refractivity contribution is 5.80. The Bertz CT molecular complexity index is 1330. The normalized spacial score (nSPS) is 11.0.